The van der Waals surface area contributed by atoms with E-state index in [2.05, 4.69) is 5.32 Å². The second-order valence-electron chi connectivity index (χ2n) is 5.22. The minimum Gasteiger partial charge on any atom is -0.347 e. The number of amides is 2. The van der Waals surface area contributed by atoms with E-state index in [-0.39, 0.29) is 0 Å². The summed E-state index contributed by atoms with van der Waals surface area (Å²) in [5, 5.41) is 2.81. The number of nitrogens with zero attached hydrogens (tertiary/aromatic N) is 2. The molecule has 0 aromatic heterocycles. The number of rotatable bonds is 6. The molecule has 0 aliphatic rings. The van der Waals surface area contributed by atoms with Crippen molar-refractivity contribution in [3.05, 3.63) is 0 Å². The van der Waals surface area contributed by atoms with Crippen LogP contribution in [0.5, 0.6) is 0 Å². The molecule has 2 amide bonds. The molecule has 8 heteroatoms. The summed E-state index contributed by atoms with van der Waals surface area (Å²) in [6.45, 7) is 3.11. The smallest absolute Gasteiger partial charge is 0.347 e. The van der Waals surface area contributed by atoms with Crippen LogP contribution in [0.1, 0.15) is 20.8 Å². The average molecular weight is 297 g/mol. The van der Waals surface area contributed by atoms with Crippen molar-refractivity contribution >= 4 is 11.8 Å². The topological polar surface area (TPSA) is 52.7 Å². The van der Waals surface area contributed by atoms with Crippen LogP contribution < -0.4 is 5.32 Å². The van der Waals surface area contributed by atoms with Gasteiger partial charge in [0.2, 0.25) is 11.8 Å². The van der Waals surface area contributed by atoms with Gasteiger partial charge in [-0.2, -0.15) is 13.2 Å². The summed E-state index contributed by atoms with van der Waals surface area (Å²) < 4.78 is 37.7. The molecule has 1 N–H and O–H groups in total. The lowest BCUT2D eigenvalue weighted by atomic mass is 10.0. The van der Waals surface area contributed by atoms with E-state index >= 15 is 0 Å². The normalized spacial score (nSPS) is 12.2. The first-order valence-electron chi connectivity index (χ1n) is 6.22. The van der Waals surface area contributed by atoms with E-state index in [9.17, 15) is 22.8 Å². The van der Waals surface area contributed by atoms with Crippen LogP contribution in [0, 0.1) is 0 Å². The maximum Gasteiger partial charge on any atom is 0.406 e. The monoisotopic (exact) mass is 297 g/mol. The summed E-state index contributed by atoms with van der Waals surface area (Å²) in [6, 6.07) is 0. The Morgan fingerprint density at radius 2 is 1.65 bits per heavy atom. The van der Waals surface area contributed by atoms with Gasteiger partial charge in [-0.05, 0) is 20.4 Å². The van der Waals surface area contributed by atoms with Crippen molar-refractivity contribution in [2.45, 2.75) is 32.5 Å². The van der Waals surface area contributed by atoms with Crippen LogP contribution in [-0.2, 0) is 9.59 Å². The molecule has 0 atom stereocenters. The van der Waals surface area contributed by atoms with Crippen LogP contribution in [0.2, 0.25) is 0 Å². The van der Waals surface area contributed by atoms with E-state index in [4.69, 9.17) is 0 Å². The fourth-order valence-electron chi connectivity index (χ4n) is 1.63. The van der Waals surface area contributed by atoms with E-state index in [1.54, 1.807) is 6.92 Å². The molecule has 0 aromatic carbocycles. The maximum atomic E-state index is 12.6. The molecule has 0 saturated carbocycles. The molecular weight excluding hydrogens is 275 g/mol. The molecule has 0 aliphatic heterocycles. The first kappa shape index (κ1) is 18.7. The van der Waals surface area contributed by atoms with E-state index in [0.29, 0.717) is 11.4 Å². The van der Waals surface area contributed by atoms with Gasteiger partial charge >= 0.3 is 6.18 Å². The third kappa shape index (κ3) is 6.23. The minimum absolute atomic E-state index is 0.431. The lowest BCUT2D eigenvalue weighted by Gasteiger charge is -2.33. The fourth-order valence-corrected chi connectivity index (χ4v) is 1.63. The maximum absolute atomic E-state index is 12.6. The van der Waals surface area contributed by atoms with Crippen LogP contribution in [0.4, 0.5) is 13.2 Å². The highest BCUT2D eigenvalue weighted by molar-refractivity contribution is 5.89. The van der Waals surface area contributed by atoms with Crippen LogP contribution in [0.3, 0.4) is 0 Å². The van der Waals surface area contributed by atoms with Gasteiger partial charge in [0.1, 0.15) is 13.1 Å². The third-order valence-corrected chi connectivity index (χ3v) is 2.64. The van der Waals surface area contributed by atoms with Gasteiger partial charge in [-0.3, -0.25) is 9.59 Å². The van der Waals surface area contributed by atoms with Gasteiger partial charge in [0, 0.05) is 14.1 Å². The fraction of sp³-hybridized carbons (Fsp3) is 0.833. The second kappa shape index (κ2) is 6.92. The summed E-state index contributed by atoms with van der Waals surface area (Å²) in [4.78, 5) is 25.4. The predicted molar refractivity (Wildman–Crippen MR) is 69.1 cm³/mol. The molecule has 20 heavy (non-hydrogen) atoms. The van der Waals surface area contributed by atoms with Gasteiger partial charge in [0.25, 0.3) is 0 Å². The number of carbonyl (C=O) groups is 2. The molecule has 0 saturated heterocycles. The van der Waals surface area contributed by atoms with Crippen molar-refractivity contribution in [3.63, 3.8) is 0 Å². The predicted octanol–water partition coefficient (Wildman–Crippen LogP) is 0.854. The van der Waals surface area contributed by atoms with Gasteiger partial charge in [0.15, 0.2) is 0 Å². The molecule has 0 fully saturated rings. The van der Waals surface area contributed by atoms with Crippen LogP contribution in [0.25, 0.3) is 0 Å². The molecule has 0 spiro atoms. The quantitative estimate of drug-likeness (QED) is 0.791. The molecule has 0 radical (unpaired) electrons. The first-order chi connectivity index (χ1) is 8.90. The van der Waals surface area contributed by atoms with E-state index in [1.165, 1.54) is 27.9 Å². The Kier molecular flexibility index (Phi) is 6.46. The average Bonchev–Trinajstić information content (AvgIpc) is 2.24. The number of alkyl halides is 3. The Morgan fingerprint density at radius 1 is 1.15 bits per heavy atom. The van der Waals surface area contributed by atoms with Gasteiger partial charge in [-0.1, -0.05) is 6.92 Å². The summed E-state index contributed by atoms with van der Waals surface area (Å²) in [5.41, 5.74) is -1.16. The zero-order chi connectivity index (χ0) is 16.1. The molecule has 0 unspecified atom stereocenters. The Hall–Kier alpha value is -1.31. The van der Waals surface area contributed by atoms with Crippen LogP contribution in [0.15, 0.2) is 0 Å². The zero-order valence-electron chi connectivity index (χ0n) is 12.5. The number of halogens is 3. The van der Waals surface area contributed by atoms with Crippen molar-refractivity contribution in [1.29, 1.82) is 0 Å². The largest absolute Gasteiger partial charge is 0.406 e. The molecule has 0 rings (SSSR count). The highest BCUT2D eigenvalue weighted by Crippen LogP contribution is 2.19. The van der Waals surface area contributed by atoms with Crippen molar-refractivity contribution in [2.75, 3.05) is 33.7 Å². The zero-order valence-corrected chi connectivity index (χ0v) is 12.5. The van der Waals surface area contributed by atoms with Crippen LogP contribution in [-0.4, -0.2) is 67.1 Å². The first-order valence-corrected chi connectivity index (χ1v) is 6.22. The lowest BCUT2D eigenvalue weighted by Crippen LogP contribution is -2.57. The summed E-state index contributed by atoms with van der Waals surface area (Å²) in [7, 11) is 2.85. The molecule has 0 bridgehead atoms. The Morgan fingerprint density at radius 3 is 2.00 bits per heavy atom. The van der Waals surface area contributed by atoms with Gasteiger partial charge < -0.3 is 15.1 Å². The van der Waals surface area contributed by atoms with E-state index < -0.39 is 36.6 Å². The Bertz CT molecular complexity index is 354. The number of likely N-dealkylation sites (N-methyl/N-ethyl adjacent to an activating group) is 2. The molecule has 0 aromatic rings. The summed E-state index contributed by atoms with van der Waals surface area (Å²) in [5.74, 6) is -1.32. The number of nitrogens with one attached hydrogen (secondary N) is 1. The van der Waals surface area contributed by atoms with Gasteiger partial charge in [0.05, 0.1) is 5.54 Å². The Balaban J connectivity index is 5.11. The standard InChI is InChI=1S/C12H22F3N3O2/c1-6-16-11(2,3)10(20)18(8-12(13,14)15)7-9(19)17(4)5/h16H,6-8H2,1-5H3. The molecular formula is C12H22F3N3O2. The van der Waals surface area contributed by atoms with E-state index in [0.717, 1.165) is 4.90 Å². The minimum atomic E-state index is -4.55. The highest BCUT2D eigenvalue weighted by atomic mass is 19.4. The van der Waals surface area contributed by atoms with Crippen molar-refractivity contribution < 1.29 is 22.8 Å². The van der Waals surface area contributed by atoms with Crippen molar-refractivity contribution in [1.82, 2.24) is 15.1 Å². The van der Waals surface area contributed by atoms with Gasteiger partial charge in [-0.25, -0.2) is 0 Å². The number of hydrogen-bond acceptors (Lipinski definition) is 3. The number of hydrogen-bond donors (Lipinski definition) is 1. The third-order valence-electron chi connectivity index (χ3n) is 2.64. The van der Waals surface area contributed by atoms with Crippen molar-refractivity contribution in [3.8, 4) is 0 Å². The summed E-state index contributed by atoms with van der Waals surface area (Å²) in [6.07, 6.45) is -4.55. The SMILES string of the molecule is CCNC(C)(C)C(=O)N(CC(=O)N(C)C)CC(F)(F)F. The van der Waals surface area contributed by atoms with Crippen molar-refractivity contribution in [2.24, 2.45) is 0 Å². The lowest BCUT2D eigenvalue weighted by molar-refractivity contribution is -0.167. The molecule has 118 valence electrons. The second-order valence-corrected chi connectivity index (χ2v) is 5.22. The van der Waals surface area contributed by atoms with Crippen LogP contribution >= 0.6 is 0 Å². The highest BCUT2D eigenvalue weighted by Gasteiger charge is 2.39. The number of carbonyl (C=O) groups excluding carboxylic acids is 2. The van der Waals surface area contributed by atoms with E-state index in [1.807, 2.05) is 0 Å². The Labute approximate surface area is 117 Å². The summed E-state index contributed by atoms with van der Waals surface area (Å²) >= 11 is 0. The molecule has 0 heterocycles. The molecule has 0 aliphatic carbocycles. The molecule has 5 nitrogen and oxygen atoms in total. The van der Waals surface area contributed by atoms with Gasteiger partial charge in [-0.15, -0.1) is 0 Å².